The highest BCUT2D eigenvalue weighted by Gasteiger charge is 2.43. The SMILES string of the molecule is C.C.C.Cl.Clc1ccc2c(c1)C1(CCCCC1)CCO2.Clc1ccc2c(c1)C1(CCO2)CCN(C[C@@H]2C[C@@H]3C=C[C@H]2C3)CC1.O=C[C@@H]1C[C@@H]2C=C[C@H]1C2. The first-order valence-electron chi connectivity index (χ1n) is 19.3. The van der Waals surface area contributed by atoms with E-state index in [1.54, 1.807) is 0 Å². The summed E-state index contributed by atoms with van der Waals surface area (Å²) < 4.78 is 11.6. The molecule has 0 amide bonds. The summed E-state index contributed by atoms with van der Waals surface area (Å²) in [4.78, 5) is 13.1. The molecule has 0 aromatic heterocycles. The van der Waals surface area contributed by atoms with Gasteiger partial charge in [-0.1, -0.05) is 89.0 Å². The van der Waals surface area contributed by atoms with Crippen molar-refractivity contribution in [3.05, 3.63) is 81.9 Å². The minimum absolute atomic E-state index is 0. The number of benzene rings is 2. The third kappa shape index (κ3) is 9.19. The predicted molar refractivity (Wildman–Crippen MR) is 226 cm³/mol. The summed E-state index contributed by atoms with van der Waals surface area (Å²) in [7, 11) is 0. The van der Waals surface area contributed by atoms with E-state index in [4.69, 9.17) is 32.7 Å². The fourth-order valence-corrected chi connectivity index (χ4v) is 11.3. The van der Waals surface area contributed by atoms with Crippen molar-refractivity contribution in [3.63, 3.8) is 0 Å². The van der Waals surface area contributed by atoms with Crippen LogP contribution < -0.4 is 9.47 Å². The smallest absolute Gasteiger partial charge is 0.123 e. The van der Waals surface area contributed by atoms with Crippen LogP contribution in [0.25, 0.3) is 0 Å². The molecule has 8 aliphatic rings. The zero-order valence-electron chi connectivity index (χ0n) is 29.4. The first-order valence-corrected chi connectivity index (χ1v) is 20.1. The van der Waals surface area contributed by atoms with Gasteiger partial charge in [-0.3, -0.25) is 0 Å². The zero-order valence-corrected chi connectivity index (χ0v) is 31.7. The van der Waals surface area contributed by atoms with Crippen LogP contribution in [-0.2, 0) is 15.6 Å². The molecule has 4 bridgehead atoms. The maximum Gasteiger partial charge on any atom is 0.123 e. The molecule has 6 atom stereocenters. The summed E-state index contributed by atoms with van der Waals surface area (Å²) in [5.41, 5.74) is 3.40. The zero-order chi connectivity index (χ0) is 33.4. The minimum atomic E-state index is 0. The molecule has 0 N–H and O–H groups in total. The molecular weight excluding hydrogens is 721 g/mol. The number of aldehydes is 1. The van der Waals surface area contributed by atoms with Crippen molar-refractivity contribution >= 4 is 41.9 Å². The molecule has 5 aliphatic carbocycles. The molecule has 4 fully saturated rings. The monoisotopic (exact) mass is 785 g/mol. The molecule has 1 saturated heterocycles. The van der Waals surface area contributed by atoms with Crippen LogP contribution in [0.1, 0.15) is 117 Å². The molecule has 2 spiro atoms. The normalized spacial score (nSPS) is 29.8. The van der Waals surface area contributed by atoms with E-state index < -0.39 is 0 Å². The average molecular weight is 787 g/mol. The second-order valence-electron chi connectivity index (χ2n) is 16.5. The fourth-order valence-electron chi connectivity index (χ4n) is 10.9. The van der Waals surface area contributed by atoms with Gasteiger partial charge in [0.05, 0.1) is 13.2 Å². The molecule has 0 radical (unpaired) electrons. The highest BCUT2D eigenvalue weighted by atomic mass is 35.5. The molecule has 10 rings (SSSR count). The van der Waals surface area contributed by atoms with Crippen molar-refractivity contribution in [2.24, 2.45) is 35.5 Å². The van der Waals surface area contributed by atoms with Crippen LogP contribution in [-0.4, -0.2) is 44.0 Å². The topological polar surface area (TPSA) is 38.8 Å². The molecule has 294 valence electrons. The maximum absolute atomic E-state index is 10.4. The van der Waals surface area contributed by atoms with Gasteiger partial charge in [0.2, 0.25) is 0 Å². The Bertz CT molecular complexity index is 1560. The van der Waals surface area contributed by atoms with Crippen molar-refractivity contribution < 1.29 is 14.3 Å². The van der Waals surface area contributed by atoms with E-state index >= 15 is 0 Å². The highest BCUT2D eigenvalue weighted by molar-refractivity contribution is 6.31. The predicted octanol–water partition coefficient (Wildman–Crippen LogP) is 12.7. The van der Waals surface area contributed by atoms with Crippen molar-refractivity contribution in [1.82, 2.24) is 4.90 Å². The van der Waals surface area contributed by atoms with Gasteiger partial charge in [0.15, 0.2) is 0 Å². The summed E-state index contributed by atoms with van der Waals surface area (Å²) in [5, 5.41) is 1.68. The van der Waals surface area contributed by atoms with Crippen molar-refractivity contribution in [2.75, 3.05) is 32.8 Å². The summed E-state index contributed by atoms with van der Waals surface area (Å²) in [6.45, 7) is 5.48. The standard InChI is InChI=1S/C21H26ClNO.C14H17ClO.C8H10O.3CH4.ClH/c22-18-3-4-20-19(13-18)21(7-10-24-20)5-8-23(9-6-21)14-17-12-15-1-2-16(17)11-15;15-11-4-5-13-12(10-11)14(8-9-16-13)6-2-1-3-7-14;9-5-8-4-6-1-2-7(8)3-6;;;;/h1-4,13,15-17H,5-12,14H2;4-5,10H,1-3,6-9H2;1-2,5-8H,3-4H2;3*1H4;1H/t15-,16+,17+;;6-,7+,8+;;;;/m1.1..../s1. The highest BCUT2D eigenvalue weighted by Crippen LogP contribution is 2.50. The van der Waals surface area contributed by atoms with E-state index in [2.05, 4.69) is 47.4 Å². The van der Waals surface area contributed by atoms with Crippen LogP contribution in [0.15, 0.2) is 60.7 Å². The molecule has 2 aromatic carbocycles. The Labute approximate surface area is 337 Å². The van der Waals surface area contributed by atoms with Gasteiger partial charge in [-0.15, -0.1) is 12.4 Å². The van der Waals surface area contributed by atoms with Crippen LogP contribution >= 0.6 is 35.6 Å². The molecule has 3 heterocycles. The van der Waals surface area contributed by atoms with Crippen LogP contribution in [0.3, 0.4) is 0 Å². The van der Waals surface area contributed by atoms with Crippen LogP contribution in [0.4, 0.5) is 0 Å². The molecule has 0 unspecified atom stereocenters. The first kappa shape index (κ1) is 43.7. The Morgan fingerprint density at radius 3 is 1.64 bits per heavy atom. The van der Waals surface area contributed by atoms with Crippen molar-refractivity contribution in [3.8, 4) is 11.5 Å². The van der Waals surface area contributed by atoms with Gasteiger partial charge in [-0.25, -0.2) is 0 Å². The van der Waals surface area contributed by atoms with Crippen LogP contribution in [0.5, 0.6) is 11.5 Å². The van der Waals surface area contributed by atoms with Crippen LogP contribution in [0.2, 0.25) is 10.0 Å². The quantitative estimate of drug-likeness (QED) is 0.229. The number of piperidine rings is 1. The van der Waals surface area contributed by atoms with E-state index in [1.807, 2.05) is 18.2 Å². The van der Waals surface area contributed by atoms with E-state index in [9.17, 15) is 4.79 Å². The lowest BCUT2D eigenvalue weighted by Gasteiger charge is -2.45. The number of allylic oxidation sites excluding steroid dienone is 4. The van der Waals surface area contributed by atoms with Gasteiger partial charge in [-0.2, -0.15) is 0 Å². The van der Waals surface area contributed by atoms with E-state index in [0.29, 0.717) is 22.7 Å². The lowest BCUT2D eigenvalue weighted by atomic mass is 9.66. The molecule has 2 aromatic rings. The Morgan fingerprint density at radius 2 is 1.19 bits per heavy atom. The third-order valence-electron chi connectivity index (χ3n) is 13.7. The molecular formula is C46H66Cl3NO3. The van der Waals surface area contributed by atoms with E-state index in [1.165, 1.54) is 101 Å². The Kier molecular flexibility index (Phi) is 15.5. The van der Waals surface area contributed by atoms with Gasteiger partial charge in [0, 0.05) is 44.5 Å². The van der Waals surface area contributed by atoms with Crippen LogP contribution in [0, 0.1) is 35.5 Å². The second-order valence-corrected chi connectivity index (χ2v) is 17.4. The summed E-state index contributed by atoms with van der Waals surface area (Å²) >= 11 is 12.4. The number of nitrogens with zero attached hydrogens (tertiary/aromatic N) is 1. The molecule has 7 heteroatoms. The number of hydrogen-bond donors (Lipinski definition) is 0. The summed E-state index contributed by atoms with van der Waals surface area (Å²) in [6, 6.07) is 12.3. The Balaban J connectivity index is 0.000000188. The van der Waals surface area contributed by atoms with Gasteiger partial charge < -0.3 is 19.2 Å². The fraction of sp³-hybridized carbons (Fsp3) is 0.630. The number of halogens is 3. The maximum atomic E-state index is 10.4. The van der Waals surface area contributed by atoms with E-state index in [0.717, 1.165) is 77.6 Å². The third-order valence-corrected chi connectivity index (χ3v) is 14.2. The van der Waals surface area contributed by atoms with Crippen molar-refractivity contribution in [2.45, 2.75) is 117 Å². The number of likely N-dealkylation sites (tertiary alicyclic amines) is 1. The molecule has 3 aliphatic heterocycles. The number of rotatable bonds is 3. The number of hydrogen-bond acceptors (Lipinski definition) is 4. The molecule has 53 heavy (non-hydrogen) atoms. The summed E-state index contributed by atoms with van der Waals surface area (Å²) in [5.74, 6) is 6.51. The minimum Gasteiger partial charge on any atom is -0.493 e. The Morgan fingerprint density at radius 1 is 0.660 bits per heavy atom. The first-order chi connectivity index (χ1) is 23.9. The molecule has 3 saturated carbocycles. The number of fused-ring (bicyclic) bond motifs is 8. The van der Waals surface area contributed by atoms with Crippen molar-refractivity contribution in [1.29, 1.82) is 0 Å². The summed E-state index contributed by atoms with van der Waals surface area (Å²) in [6.07, 6.45) is 27.2. The van der Waals surface area contributed by atoms with Gasteiger partial charge >= 0.3 is 0 Å². The number of ether oxygens (including phenoxy) is 2. The lowest BCUT2D eigenvalue weighted by molar-refractivity contribution is -0.111. The second kappa shape index (κ2) is 18.8. The lowest BCUT2D eigenvalue weighted by Crippen LogP contribution is -2.46. The number of carbonyl (C=O) groups is 1. The Hall–Kier alpha value is -1.98. The largest absolute Gasteiger partial charge is 0.493 e. The van der Waals surface area contributed by atoms with Gasteiger partial charge in [0.1, 0.15) is 17.8 Å². The number of carbonyl (C=O) groups excluding carboxylic acids is 1. The van der Waals surface area contributed by atoms with Gasteiger partial charge in [0.25, 0.3) is 0 Å². The molecule has 4 nitrogen and oxygen atoms in total. The van der Waals surface area contributed by atoms with Gasteiger partial charge in [-0.05, 0) is 143 Å². The van der Waals surface area contributed by atoms with E-state index in [-0.39, 0.29) is 34.7 Å². The average Bonchev–Trinajstić information content (AvgIpc) is 3.95.